The summed E-state index contributed by atoms with van der Waals surface area (Å²) in [5, 5.41) is 3.07. The summed E-state index contributed by atoms with van der Waals surface area (Å²) in [7, 11) is 0. The van der Waals surface area contributed by atoms with Gasteiger partial charge < -0.3 is 20.5 Å². The van der Waals surface area contributed by atoms with Crippen LogP contribution in [0.1, 0.15) is 32.1 Å². The van der Waals surface area contributed by atoms with E-state index in [1.54, 1.807) is 0 Å². The fraction of sp³-hybridized carbons (Fsp3) is 0.917. The van der Waals surface area contributed by atoms with E-state index in [1.807, 2.05) is 0 Å². The number of rotatable bonds is 3. The van der Waals surface area contributed by atoms with Gasteiger partial charge in [-0.2, -0.15) is 0 Å². The molecule has 0 aromatic heterocycles. The topological polar surface area (TPSA) is 73.6 Å². The fourth-order valence-electron chi connectivity index (χ4n) is 3.14. The molecule has 1 amide bonds. The molecule has 3 fully saturated rings. The van der Waals surface area contributed by atoms with E-state index in [1.165, 1.54) is 0 Å². The minimum Gasteiger partial charge on any atom is -0.373 e. The summed E-state index contributed by atoms with van der Waals surface area (Å²) in [5.41, 5.74) is 5.53. The van der Waals surface area contributed by atoms with Gasteiger partial charge in [0.05, 0.1) is 24.4 Å². The third kappa shape index (κ3) is 2.64. The highest BCUT2D eigenvalue weighted by atomic mass is 35.5. The smallest absolute Gasteiger partial charge is 0.249 e. The molecule has 18 heavy (non-hydrogen) atoms. The highest BCUT2D eigenvalue weighted by molar-refractivity contribution is 5.85. The molecule has 0 aromatic rings. The van der Waals surface area contributed by atoms with Gasteiger partial charge in [0.25, 0.3) is 0 Å². The Hall–Kier alpha value is -0.360. The van der Waals surface area contributed by atoms with Gasteiger partial charge in [-0.3, -0.25) is 4.79 Å². The maximum absolute atomic E-state index is 12.0. The Kier molecular flexibility index (Phi) is 4.48. The van der Waals surface area contributed by atoms with Crippen molar-refractivity contribution in [3.05, 3.63) is 0 Å². The predicted octanol–water partition coefficient (Wildman–Crippen LogP) is 0.351. The van der Waals surface area contributed by atoms with Crippen LogP contribution in [-0.2, 0) is 14.3 Å². The molecule has 3 rings (SSSR count). The van der Waals surface area contributed by atoms with Gasteiger partial charge in [0, 0.05) is 6.54 Å². The Labute approximate surface area is 113 Å². The molecule has 104 valence electrons. The van der Waals surface area contributed by atoms with Crippen LogP contribution in [0.3, 0.4) is 0 Å². The molecule has 3 unspecified atom stereocenters. The zero-order valence-electron chi connectivity index (χ0n) is 10.3. The van der Waals surface area contributed by atoms with Gasteiger partial charge in [0.1, 0.15) is 6.10 Å². The van der Waals surface area contributed by atoms with Crippen LogP contribution in [0.15, 0.2) is 0 Å². The average Bonchev–Trinajstić information content (AvgIpc) is 3.04. The van der Waals surface area contributed by atoms with E-state index in [4.69, 9.17) is 15.2 Å². The SMILES string of the molecule is Cl.NC[C@H]1CC[C@@H](C(=O)NC2CC3CCC2O3)O1. The van der Waals surface area contributed by atoms with Crippen molar-refractivity contribution in [2.45, 2.75) is 62.6 Å². The molecule has 3 aliphatic heterocycles. The van der Waals surface area contributed by atoms with Crippen molar-refractivity contribution in [2.24, 2.45) is 5.73 Å². The van der Waals surface area contributed by atoms with Crippen molar-refractivity contribution in [3.8, 4) is 0 Å². The lowest BCUT2D eigenvalue weighted by atomic mass is 9.95. The van der Waals surface area contributed by atoms with Crippen LogP contribution in [0, 0.1) is 0 Å². The lowest BCUT2D eigenvalue weighted by molar-refractivity contribution is -0.133. The Morgan fingerprint density at radius 1 is 1.22 bits per heavy atom. The number of hydrogen-bond acceptors (Lipinski definition) is 4. The monoisotopic (exact) mass is 276 g/mol. The van der Waals surface area contributed by atoms with Crippen LogP contribution in [0.5, 0.6) is 0 Å². The van der Waals surface area contributed by atoms with Crippen molar-refractivity contribution in [3.63, 3.8) is 0 Å². The van der Waals surface area contributed by atoms with Crippen LogP contribution in [-0.4, -0.2) is 42.9 Å². The summed E-state index contributed by atoms with van der Waals surface area (Å²) in [5.74, 6) is 0.0158. The minimum absolute atomic E-state index is 0. The van der Waals surface area contributed by atoms with E-state index < -0.39 is 0 Å². The summed E-state index contributed by atoms with van der Waals surface area (Å²) >= 11 is 0. The molecule has 2 bridgehead atoms. The van der Waals surface area contributed by atoms with Crippen molar-refractivity contribution in [1.82, 2.24) is 5.32 Å². The molecule has 3 N–H and O–H groups in total. The third-order valence-electron chi connectivity index (χ3n) is 4.10. The molecule has 5 atom stereocenters. The summed E-state index contributed by atoms with van der Waals surface area (Å²) in [6.07, 6.45) is 5.21. The Morgan fingerprint density at radius 2 is 2.06 bits per heavy atom. The van der Waals surface area contributed by atoms with Crippen molar-refractivity contribution < 1.29 is 14.3 Å². The number of nitrogens with one attached hydrogen (secondary N) is 1. The van der Waals surface area contributed by atoms with Gasteiger partial charge in [0.2, 0.25) is 5.91 Å². The Bertz CT molecular complexity index is 316. The van der Waals surface area contributed by atoms with Gasteiger partial charge >= 0.3 is 0 Å². The first kappa shape index (κ1) is 14.1. The summed E-state index contributed by atoms with van der Waals surface area (Å²) < 4.78 is 11.3. The molecule has 3 saturated heterocycles. The van der Waals surface area contributed by atoms with E-state index in [0.29, 0.717) is 12.6 Å². The lowest BCUT2D eigenvalue weighted by Gasteiger charge is -2.22. The first-order chi connectivity index (χ1) is 8.26. The first-order valence-electron chi connectivity index (χ1n) is 6.57. The van der Waals surface area contributed by atoms with E-state index in [-0.39, 0.29) is 42.7 Å². The van der Waals surface area contributed by atoms with Crippen LogP contribution in [0.4, 0.5) is 0 Å². The number of fused-ring (bicyclic) bond motifs is 2. The minimum atomic E-state index is -0.303. The first-order valence-corrected chi connectivity index (χ1v) is 6.57. The highest BCUT2D eigenvalue weighted by Gasteiger charge is 2.42. The zero-order chi connectivity index (χ0) is 11.8. The zero-order valence-corrected chi connectivity index (χ0v) is 11.2. The second-order valence-corrected chi connectivity index (χ2v) is 5.28. The molecule has 0 saturated carbocycles. The normalized spacial score (nSPS) is 41.7. The van der Waals surface area contributed by atoms with Gasteiger partial charge in [-0.1, -0.05) is 0 Å². The van der Waals surface area contributed by atoms with Gasteiger partial charge in [-0.25, -0.2) is 0 Å². The van der Waals surface area contributed by atoms with E-state index in [0.717, 1.165) is 32.1 Å². The molecule has 0 aromatic carbocycles. The van der Waals surface area contributed by atoms with Crippen LogP contribution in [0.2, 0.25) is 0 Å². The maximum Gasteiger partial charge on any atom is 0.249 e. The standard InChI is InChI=1S/C12H20N2O3.ClH/c13-6-8-2-4-11(17-8)12(15)14-9-5-7-1-3-10(9)16-7;/h7-11H,1-6,13H2,(H,14,15);1H/t7?,8-,9?,10?,11+;/m1./s1. The van der Waals surface area contributed by atoms with Gasteiger partial charge in [0.15, 0.2) is 0 Å². The maximum atomic E-state index is 12.0. The number of amides is 1. The largest absolute Gasteiger partial charge is 0.373 e. The van der Waals surface area contributed by atoms with Crippen LogP contribution < -0.4 is 11.1 Å². The lowest BCUT2D eigenvalue weighted by Crippen LogP contribution is -2.46. The highest BCUT2D eigenvalue weighted by Crippen LogP contribution is 2.34. The predicted molar refractivity (Wildman–Crippen MR) is 68.6 cm³/mol. The molecule has 0 spiro atoms. The van der Waals surface area contributed by atoms with Crippen molar-refractivity contribution in [1.29, 1.82) is 0 Å². The number of carbonyl (C=O) groups excluding carboxylic acids is 1. The number of carbonyl (C=O) groups is 1. The fourth-order valence-corrected chi connectivity index (χ4v) is 3.14. The summed E-state index contributed by atoms with van der Waals surface area (Å²) in [6, 6.07) is 0.196. The van der Waals surface area contributed by atoms with E-state index in [2.05, 4.69) is 5.32 Å². The number of halogens is 1. The summed E-state index contributed by atoms with van der Waals surface area (Å²) in [6.45, 7) is 0.501. The second-order valence-electron chi connectivity index (χ2n) is 5.28. The van der Waals surface area contributed by atoms with E-state index >= 15 is 0 Å². The third-order valence-corrected chi connectivity index (χ3v) is 4.10. The molecule has 5 nitrogen and oxygen atoms in total. The molecular weight excluding hydrogens is 256 g/mol. The van der Waals surface area contributed by atoms with Crippen LogP contribution >= 0.6 is 12.4 Å². The molecule has 3 heterocycles. The quantitative estimate of drug-likeness (QED) is 0.780. The molecule has 0 radical (unpaired) electrons. The average molecular weight is 277 g/mol. The Balaban J connectivity index is 0.00000120. The summed E-state index contributed by atoms with van der Waals surface area (Å²) in [4.78, 5) is 12.0. The number of ether oxygens (including phenoxy) is 2. The molecule has 6 heteroatoms. The van der Waals surface area contributed by atoms with Gasteiger partial charge in [-0.15, -0.1) is 12.4 Å². The van der Waals surface area contributed by atoms with Crippen molar-refractivity contribution in [2.75, 3.05) is 6.54 Å². The second kappa shape index (κ2) is 5.74. The number of nitrogens with two attached hydrogens (primary N) is 1. The van der Waals surface area contributed by atoms with Gasteiger partial charge in [-0.05, 0) is 32.1 Å². The molecule has 3 aliphatic rings. The molecular formula is C12H21ClN2O3. The number of hydrogen-bond donors (Lipinski definition) is 2. The molecule has 0 aliphatic carbocycles. The Morgan fingerprint density at radius 3 is 2.61 bits per heavy atom. The van der Waals surface area contributed by atoms with Crippen molar-refractivity contribution >= 4 is 18.3 Å². The van der Waals surface area contributed by atoms with E-state index in [9.17, 15) is 4.79 Å². The van der Waals surface area contributed by atoms with Crippen LogP contribution in [0.25, 0.3) is 0 Å².